The van der Waals surface area contributed by atoms with E-state index in [1.807, 2.05) is 0 Å². The van der Waals surface area contributed by atoms with Crippen molar-refractivity contribution in [2.45, 2.75) is 6.92 Å². The fourth-order valence-electron chi connectivity index (χ4n) is 1.34. The smallest absolute Gasteiger partial charge is 0.406 e. The highest BCUT2D eigenvalue weighted by Gasteiger charge is 2.15. The number of hydrogen-bond donors (Lipinski definition) is 0. The Kier molecular flexibility index (Phi) is 2.32. The van der Waals surface area contributed by atoms with Crippen LogP contribution in [0.4, 0.5) is 0 Å². The minimum atomic E-state index is -0.762. The lowest BCUT2D eigenvalue weighted by atomic mass is 10.3. The molecule has 78 valence electrons. The molecule has 1 aromatic heterocycles. The number of aromatic nitrogens is 1. The number of fused-ring (bicyclic) bond motifs is 1. The molecule has 0 N–H and O–H groups in total. The van der Waals surface area contributed by atoms with Gasteiger partial charge >= 0.3 is 5.76 Å². The number of benzene rings is 1. The summed E-state index contributed by atoms with van der Waals surface area (Å²) in [6.45, 7) is 1.26. The van der Waals surface area contributed by atoms with Gasteiger partial charge in [-0.15, -0.1) is 0 Å². The van der Waals surface area contributed by atoms with Crippen molar-refractivity contribution in [3.8, 4) is 0 Å². The lowest BCUT2D eigenvalue weighted by molar-refractivity contribution is 0.0933. The number of nitrogens with zero attached hydrogens (tertiary/aromatic N) is 1. The lowest BCUT2D eigenvalue weighted by Gasteiger charge is -1.96. The molecular formula is C9H5Cl2NO3. The van der Waals surface area contributed by atoms with E-state index in [4.69, 9.17) is 27.6 Å². The summed E-state index contributed by atoms with van der Waals surface area (Å²) in [5.41, 5.74) is 0.450. The van der Waals surface area contributed by atoms with Crippen LogP contribution < -0.4 is 5.76 Å². The van der Waals surface area contributed by atoms with E-state index in [9.17, 15) is 9.59 Å². The van der Waals surface area contributed by atoms with E-state index in [0.29, 0.717) is 5.02 Å². The average Bonchev–Trinajstić information content (AvgIpc) is 2.41. The van der Waals surface area contributed by atoms with E-state index in [2.05, 4.69) is 0 Å². The third-order valence-corrected chi connectivity index (χ3v) is 2.42. The monoisotopic (exact) mass is 245 g/mol. The van der Waals surface area contributed by atoms with Crippen LogP contribution in [0.25, 0.3) is 11.1 Å². The van der Waals surface area contributed by atoms with Gasteiger partial charge in [0.25, 0.3) is 0 Å². The third kappa shape index (κ3) is 1.56. The molecule has 0 fully saturated rings. The number of rotatable bonds is 0. The number of carbonyl (C=O) groups is 1. The van der Waals surface area contributed by atoms with Crippen LogP contribution in [0.15, 0.2) is 21.3 Å². The summed E-state index contributed by atoms with van der Waals surface area (Å²) in [6, 6.07) is 2.90. The van der Waals surface area contributed by atoms with Crippen molar-refractivity contribution in [2.24, 2.45) is 0 Å². The molecule has 2 rings (SSSR count). The van der Waals surface area contributed by atoms with Crippen molar-refractivity contribution in [3.05, 3.63) is 32.7 Å². The summed E-state index contributed by atoms with van der Waals surface area (Å²) in [4.78, 5) is 22.5. The summed E-state index contributed by atoms with van der Waals surface area (Å²) in [6.07, 6.45) is 0. The Labute approximate surface area is 94.0 Å². The molecule has 0 unspecified atom stereocenters. The molecule has 4 nitrogen and oxygen atoms in total. The van der Waals surface area contributed by atoms with Crippen molar-refractivity contribution >= 4 is 40.2 Å². The number of carbonyl (C=O) groups excluding carboxylic acids is 1. The van der Waals surface area contributed by atoms with Crippen LogP contribution in [-0.4, -0.2) is 10.5 Å². The molecule has 0 aliphatic carbocycles. The van der Waals surface area contributed by atoms with Gasteiger partial charge < -0.3 is 4.42 Å². The Bertz CT molecular complexity index is 612. The SMILES string of the molecule is CC(=O)n1c(=O)oc2c(Cl)cc(Cl)cc21. The molecule has 0 amide bonds. The van der Waals surface area contributed by atoms with E-state index in [1.54, 1.807) is 0 Å². The second-order valence-electron chi connectivity index (χ2n) is 2.96. The van der Waals surface area contributed by atoms with Crippen LogP contribution in [0.1, 0.15) is 11.7 Å². The van der Waals surface area contributed by atoms with Crippen LogP contribution in [0.3, 0.4) is 0 Å². The first-order chi connectivity index (χ1) is 7.00. The molecule has 0 spiro atoms. The van der Waals surface area contributed by atoms with Gasteiger partial charge in [-0.3, -0.25) is 4.79 Å². The van der Waals surface area contributed by atoms with Gasteiger partial charge in [-0.25, -0.2) is 9.36 Å². The van der Waals surface area contributed by atoms with Crippen LogP contribution in [0.2, 0.25) is 10.0 Å². The minimum absolute atomic E-state index is 0.168. The predicted molar refractivity (Wildman–Crippen MR) is 56.8 cm³/mol. The van der Waals surface area contributed by atoms with E-state index < -0.39 is 11.7 Å². The normalized spacial score (nSPS) is 10.9. The van der Waals surface area contributed by atoms with E-state index in [-0.39, 0.29) is 16.1 Å². The van der Waals surface area contributed by atoms with Crippen LogP contribution >= 0.6 is 23.2 Å². The molecule has 1 aromatic carbocycles. The van der Waals surface area contributed by atoms with Crippen molar-refractivity contribution in [1.29, 1.82) is 0 Å². The molecule has 0 saturated heterocycles. The maximum absolute atomic E-state index is 11.3. The second kappa shape index (κ2) is 3.40. The first kappa shape index (κ1) is 10.3. The van der Waals surface area contributed by atoms with Crippen molar-refractivity contribution in [3.63, 3.8) is 0 Å². The first-order valence-corrected chi connectivity index (χ1v) is 4.78. The highest BCUT2D eigenvalue weighted by Crippen LogP contribution is 2.27. The Morgan fingerprint density at radius 1 is 1.40 bits per heavy atom. The molecule has 0 radical (unpaired) electrons. The number of hydrogen-bond acceptors (Lipinski definition) is 3. The zero-order valence-electron chi connectivity index (χ0n) is 7.58. The maximum atomic E-state index is 11.3. The highest BCUT2D eigenvalue weighted by molar-refractivity contribution is 6.38. The lowest BCUT2D eigenvalue weighted by Crippen LogP contribution is -2.19. The second-order valence-corrected chi connectivity index (χ2v) is 3.80. The molecule has 15 heavy (non-hydrogen) atoms. The van der Waals surface area contributed by atoms with Crippen molar-refractivity contribution in [2.75, 3.05) is 0 Å². The van der Waals surface area contributed by atoms with Gasteiger partial charge in [0.2, 0.25) is 5.91 Å². The molecule has 0 aliphatic rings. The molecule has 2 aromatic rings. The molecule has 0 bridgehead atoms. The molecular weight excluding hydrogens is 241 g/mol. The highest BCUT2D eigenvalue weighted by atomic mass is 35.5. The van der Waals surface area contributed by atoms with E-state index >= 15 is 0 Å². The summed E-state index contributed by atoms with van der Waals surface area (Å²) < 4.78 is 5.72. The summed E-state index contributed by atoms with van der Waals surface area (Å²) in [5.74, 6) is -1.21. The van der Waals surface area contributed by atoms with E-state index in [0.717, 1.165) is 4.57 Å². The maximum Gasteiger partial charge on any atom is 0.426 e. The molecule has 0 atom stereocenters. The zero-order valence-corrected chi connectivity index (χ0v) is 9.09. The van der Waals surface area contributed by atoms with Crippen LogP contribution in [-0.2, 0) is 0 Å². The summed E-state index contributed by atoms with van der Waals surface area (Å²) in [7, 11) is 0. The molecule has 0 saturated carbocycles. The minimum Gasteiger partial charge on any atom is -0.406 e. The number of halogens is 2. The fraction of sp³-hybridized carbons (Fsp3) is 0.111. The first-order valence-electron chi connectivity index (χ1n) is 4.02. The third-order valence-electron chi connectivity index (χ3n) is 1.92. The quantitative estimate of drug-likeness (QED) is 0.717. The summed E-state index contributed by atoms with van der Waals surface area (Å²) in [5, 5.41) is 0.540. The topological polar surface area (TPSA) is 52.2 Å². The Morgan fingerprint density at radius 2 is 2.07 bits per heavy atom. The molecule has 1 heterocycles. The van der Waals surface area contributed by atoms with Gasteiger partial charge in [-0.05, 0) is 12.1 Å². The van der Waals surface area contributed by atoms with Crippen molar-refractivity contribution in [1.82, 2.24) is 4.57 Å². The Morgan fingerprint density at radius 3 is 2.67 bits per heavy atom. The van der Waals surface area contributed by atoms with Gasteiger partial charge in [-0.2, -0.15) is 0 Å². The van der Waals surface area contributed by atoms with Gasteiger partial charge in [-0.1, -0.05) is 23.2 Å². The predicted octanol–water partition coefficient (Wildman–Crippen LogP) is 2.56. The van der Waals surface area contributed by atoms with Gasteiger partial charge in [0.05, 0.1) is 5.02 Å². The molecule has 0 aliphatic heterocycles. The van der Waals surface area contributed by atoms with Gasteiger partial charge in [0.1, 0.15) is 5.52 Å². The number of oxazole rings is 1. The van der Waals surface area contributed by atoms with Gasteiger partial charge in [0, 0.05) is 11.9 Å². The van der Waals surface area contributed by atoms with Crippen molar-refractivity contribution < 1.29 is 9.21 Å². The van der Waals surface area contributed by atoms with Crippen LogP contribution in [0, 0.1) is 0 Å². The zero-order chi connectivity index (χ0) is 11.2. The summed E-state index contributed by atoms with van der Waals surface area (Å²) >= 11 is 11.6. The Hall–Kier alpha value is -1.26. The average molecular weight is 246 g/mol. The largest absolute Gasteiger partial charge is 0.426 e. The fourth-order valence-corrected chi connectivity index (χ4v) is 1.86. The van der Waals surface area contributed by atoms with Gasteiger partial charge in [0.15, 0.2) is 5.58 Å². The van der Waals surface area contributed by atoms with Crippen LogP contribution in [0.5, 0.6) is 0 Å². The molecule has 6 heteroatoms. The van der Waals surface area contributed by atoms with E-state index in [1.165, 1.54) is 19.1 Å². The standard InChI is InChI=1S/C9H5Cl2NO3/c1-4(13)12-7-3-5(10)2-6(11)8(7)15-9(12)14/h2-3H,1H3. The Balaban J connectivity index is 2.99.